The van der Waals surface area contributed by atoms with Crippen LogP contribution in [0, 0.1) is 0 Å². The van der Waals surface area contributed by atoms with E-state index in [4.69, 9.17) is 4.42 Å². The molecule has 10 aromatic carbocycles. The quantitative estimate of drug-likeness (QED) is 0.177. The molecule has 56 heavy (non-hydrogen) atoms. The Labute approximate surface area is 324 Å². The van der Waals surface area contributed by atoms with Crippen molar-refractivity contribution in [3.8, 4) is 33.4 Å². The highest BCUT2D eigenvalue weighted by molar-refractivity contribution is 6.17. The lowest BCUT2D eigenvalue weighted by atomic mass is 9.67. The second-order valence-electron chi connectivity index (χ2n) is 15.2. The Hall–Kier alpha value is -7.22. The maximum atomic E-state index is 6.54. The topological polar surface area (TPSA) is 13.1 Å². The number of hydrogen-bond donors (Lipinski definition) is 0. The van der Waals surface area contributed by atoms with Crippen molar-refractivity contribution in [1.82, 2.24) is 0 Å². The summed E-state index contributed by atoms with van der Waals surface area (Å²) in [4.78, 5) is 0. The third kappa shape index (κ3) is 4.37. The Balaban J connectivity index is 1.21. The van der Waals surface area contributed by atoms with Gasteiger partial charge in [0.2, 0.25) is 0 Å². The van der Waals surface area contributed by atoms with Crippen molar-refractivity contribution in [2.24, 2.45) is 0 Å². The van der Waals surface area contributed by atoms with Crippen LogP contribution in [0.3, 0.4) is 0 Å². The zero-order chi connectivity index (χ0) is 36.8. The van der Waals surface area contributed by atoms with E-state index in [0.29, 0.717) is 0 Å². The second-order valence-corrected chi connectivity index (χ2v) is 15.2. The van der Waals surface area contributed by atoms with Gasteiger partial charge in [0.1, 0.15) is 11.2 Å². The van der Waals surface area contributed by atoms with Crippen molar-refractivity contribution in [2.45, 2.75) is 5.41 Å². The third-order valence-electron chi connectivity index (χ3n) is 12.3. The molecule has 1 nitrogen and oxygen atoms in total. The van der Waals surface area contributed by atoms with E-state index in [1.807, 2.05) is 0 Å². The van der Waals surface area contributed by atoms with Crippen LogP contribution in [0.1, 0.15) is 22.3 Å². The van der Waals surface area contributed by atoms with E-state index in [0.717, 1.165) is 21.9 Å². The first kappa shape index (κ1) is 31.2. The summed E-state index contributed by atoms with van der Waals surface area (Å²) in [5.74, 6) is 0. The van der Waals surface area contributed by atoms with Crippen LogP contribution in [0.15, 0.2) is 211 Å². The molecule has 0 N–H and O–H groups in total. The van der Waals surface area contributed by atoms with Crippen LogP contribution in [0.25, 0.3) is 87.6 Å². The summed E-state index contributed by atoms with van der Waals surface area (Å²) in [6.07, 6.45) is 0. The smallest absolute Gasteiger partial charge is 0.136 e. The van der Waals surface area contributed by atoms with Crippen LogP contribution < -0.4 is 0 Å². The summed E-state index contributed by atoms with van der Waals surface area (Å²) >= 11 is 0. The first-order valence-corrected chi connectivity index (χ1v) is 19.4. The van der Waals surface area contributed by atoms with Gasteiger partial charge in [-0.3, -0.25) is 0 Å². The van der Waals surface area contributed by atoms with E-state index < -0.39 is 5.41 Å². The molecule has 0 atom stereocenters. The van der Waals surface area contributed by atoms with Gasteiger partial charge in [-0.1, -0.05) is 170 Å². The molecule has 0 amide bonds. The largest absolute Gasteiger partial charge is 0.456 e. The van der Waals surface area contributed by atoms with Gasteiger partial charge in [0.25, 0.3) is 0 Å². The highest BCUT2D eigenvalue weighted by Gasteiger charge is 2.47. The summed E-state index contributed by atoms with van der Waals surface area (Å²) in [6.45, 7) is 0. The maximum Gasteiger partial charge on any atom is 0.136 e. The molecule has 11 aromatic rings. The molecule has 1 aromatic heterocycles. The summed E-state index contributed by atoms with van der Waals surface area (Å²) in [5.41, 5.74) is 13.9. The van der Waals surface area contributed by atoms with Crippen LogP contribution in [-0.2, 0) is 5.41 Å². The average molecular weight is 711 g/mol. The molecule has 0 fully saturated rings. The minimum absolute atomic E-state index is 0.522. The molecule has 1 aliphatic carbocycles. The summed E-state index contributed by atoms with van der Waals surface area (Å²) in [6, 6.07) is 76.1. The molecule has 1 heteroatoms. The van der Waals surface area contributed by atoms with Crippen molar-refractivity contribution < 1.29 is 4.42 Å². The van der Waals surface area contributed by atoms with Crippen LogP contribution in [0.5, 0.6) is 0 Å². The fourth-order valence-corrected chi connectivity index (χ4v) is 9.88. The number of rotatable bonds is 4. The number of benzene rings is 10. The standard InChI is InChI=1S/C55H34O/c1-3-18-42(19-4-1)55(43-20-5-2-6-21-43)48-24-12-11-22-46(48)54-49(55)33-41-31-39(28-29-45(41)52(54)40-27-26-35-14-7-8-15-36(35)30-40)44-23-13-25-50-53(44)47-32-37-16-9-10-17-38(37)34-51(47)56-50/h1-34H. The van der Waals surface area contributed by atoms with Gasteiger partial charge < -0.3 is 4.42 Å². The van der Waals surface area contributed by atoms with E-state index >= 15 is 0 Å². The molecule has 1 aliphatic rings. The van der Waals surface area contributed by atoms with Gasteiger partial charge in [-0.15, -0.1) is 0 Å². The highest BCUT2D eigenvalue weighted by atomic mass is 16.3. The number of furan rings is 1. The lowest BCUT2D eigenvalue weighted by Crippen LogP contribution is -2.28. The SMILES string of the molecule is c1ccc(C2(c3ccccc3)c3ccccc3-c3c2cc2cc(-c4cccc5oc6cc7ccccc7cc6c45)ccc2c3-c2ccc3ccccc3c2)cc1. The van der Waals surface area contributed by atoms with Crippen molar-refractivity contribution >= 4 is 54.3 Å². The summed E-state index contributed by atoms with van der Waals surface area (Å²) in [5, 5.41) is 9.62. The van der Waals surface area contributed by atoms with Crippen molar-refractivity contribution in [2.75, 3.05) is 0 Å². The van der Waals surface area contributed by atoms with E-state index in [1.54, 1.807) is 0 Å². The molecule has 260 valence electrons. The Bertz CT molecular complexity index is 3310. The molecule has 12 rings (SSSR count). The van der Waals surface area contributed by atoms with Gasteiger partial charge in [0.15, 0.2) is 0 Å². The van der Waals surface area contributed by atoms with Gasteiger partial charge in [-0.05, 0) is 124 Å². The van der Waals surface area contributed by atoms with E-state index in [-0.39, 0.29) is 0 Å². The van der Waals surface area contributed by atoms with Crippen LogP contribution >= 0.6 is 0 Å². The fraction of sp³-hybridized carbons (Fsp3) is 0.0182. The number of fused-ring (bicyclic) bond motifs is 9. The van der Waals surface area contributed by atoms with E-state index in [9.17, 15) is 0 Å². The normalized spacial score (nSPS) is 13.1. The van der Waals surface area contributed by atoms with E-state index in [1.165, 1.54) is 88.0 Å². The minimum Gasteiger partial charge on any atom is -0.456 e. The molecular formula is C55H34O. The lowest BCUT2D eigenvalue weighted by molar-refractivity contribution is 0.669. The monoisotopic (exact) mass is 710 g/mol. The van der Waals surface area contributed by atoms with Gasteiger partial charge in [-0.2, -0.15) is 0 Å². The molecular weight excluding hydrogens is 677 g/mol. The van der Waals surface area contributed by atoms with Crippen molar-refractivity contribution in [3.05, 3.63) is 229 Å². The molecule has 0 bridgehead atoms. The minimum atomic E-state index is -0.522. The molecule has 0 unspecified atom stereocenters. The molecule has 0 radical (unpaired) electrons. The summed E-state index contributed by atoms with van der Waals surface area (Å²) in [7, 11) is 0. The average Bonchev–Trinajstić information content (AvgIpc) is 3.78. The molecule has 0 saturated carbocycles. The Morgan fingerprint density at radius 3 is 1.70 bits per heavy atom. The van der Waals surface area contributed by atoms with Gasteiger partial charge >= 0.3 is 0 Å². The van der Waals surface area contributed by atoms with Crippen molar-refractivity contribution in [3.63, 3.8) is 0 Å². The molecule has 0 aliphatic heterocycles. The maximum absolute atomic E-state index is 6.54. The summed E-state index contributed by atoms with van der Waals surface area (Å²) < 4.78 is 6.54. The van der Waals surface area contributed by atoms with Gasteiger partial charge in [-0.25, -0.2) is 0 Å². The zero-order valence-corrected chi connectivity index (χ0v) is 30.5. The van der Waals surface area contributed by atoms with Crippen LogP contribution in [0.2, 0.25) is 0 Å². The predicted octanol–water partition coefficient (Wildman–Crippen LogP) is 14.7. The molecule has 1 heterocycles. The van der Waals surface area contributed by atoms with Gasteiger partial charge in [0, 0.05) is 10.8 Å². The van der Waals surface area contributed by atoms with Crippen LogP contribution in [-0.4, -0.2) is 0 Å². The van der Waals surface area contributed by atoms with Crippen LogP contribution in [0.4, 0.5) is 0 Å². The van der Waals surface area contributed by atoms with Crippen molar-refractivity contribution in [1.29, 1.82) is 0 Å². The number of hydrogen-bond acceptors (Lipinski definition) is 1. The van der Waals surface area contributed by atoms with E-state index in [2.05, 4.69) is 206 Å². The molecule has 0 spiro atoms. The first-order chi connectivity index (χ1) is 27.8. The first-order valence-electron chi connectivity index (χ1n) is 19.4. The zero-order valence-electron chi connectivity index (χ0n) is 30.5. The predicted molar refractivity (Wildman–Crippen MR) is 234 cm³/mol. The molecule has 0 saturated heterocycles. The van der Waals surface area contributed by atoms with Gasteiger partial charge in [0.05, 0.1) is 5.41 Å². The fourth-order valence-electron chi connectivity index (χ4n) is 9.88. The second kappa shape index (κ2) is 11.9. The Kier molecular flexibility index (Phi) is 6.62. The Morgan fingerprint density at radius 2 is 0.929 bits per heavy atom. The lowest BCUT2D eigenvalue weighted by Gasteiger charge is -2.34. The Morgan fingerprint density at radius 1 is 0.321 bits per heavy atom. The highest BCUT2D eigenvalue weighted by Crippen LogP contribution is 2.60. The third-order valence-corrected chi connectivity index (χ3v) is 12.3.